The van der Waals surface area contributed by atoms with Crippen LogP contribution in [0, 0.1) is 0 Å². The summed E-state index contributed by atoms with van der Waals surface area (Å²) < 4.78 is 2.48. The molecule has 0 unspecified atom stereocenters. The Kier molecular flexibility index (Phi) is 3.02. The molecule has 1 aliphatic carbocycles. The quantitative estimate of drug-likeness (QED) is 0.489. The van der Waals surface area contributed by atoms with E-state index < -0.39 is 0 Å². The molecule has 3 nitrogen and oxygen atoms in total. The molecule has 0 fully saturated rings. The monoisotopic (exact) mass is 374 g/mol. The molecule has 7 rings (SSSR count). The average Bonchev–Trinajstić information content (AvgIpc) is 3.42. The lowest BCUT2D eigenvalue weighted by Gasteiger charge is -2.48. The number of thiazole rings is 2. The Hall–Kier alpha value is -2.37. The van der Waals surface area contributed by atoms with Crippen LogP contribution in [-0.4, -0.2) is 9.97 Å². The summed E-state index contributed by atoms with van der Waals surface area (Å²) in [5.74, 6) is 0.283. The van der Waals surface area contributed by atoms with Gasteiger partial charge in [0.15, 0.2) is 17.9 Å². The lowest BCUT2D eigenvalue weighted by molar-refractivity contribution is -0.732. The largest absolute Gasteiger partial charge is 0.253 e. The molecule has 5 heterocycles. The van der Waals surface area contributed by atoms with Crippen LogP contribution in [0.3, 0.4) is 0 Å². The SMILES string of the molecule is c1ccc2c(c1)[C@H]1c3cccc[n+]3[C@@H]2CC1(c1cncs1)c1cncs1. The molecule has 0 saturated heterocycles. The maximum absolute atomic E-state index is 4.44. The van der Waals surface area contributed by atoms with Crippen LogP contribution >= 0.6 is 22.7 Å². The summed E-state index contributed by atoms with van der Waals surface area (Å²) in [6.45, 7) is 0. The molecule has 126 valence electrons. The Balaban J connectivity index is 1.73. The first kappa shape index (κ1) is 14.8. The summed E-state index contributed by atoms with van der Waals surface area (Å²) in [4.78, 5) is 11.6. The number of benzene rings is 1. The van der Waals surface area contributed by atoms with Crippen molar-refractivity contribution in [2.75, 3.05) is 0 Å². The zero-order valence-corrected chi connectivity index (χ0v) is 15.6. The minimum absolute atomic E-state index is 0.0806. The van der Waals surface area contributed by atoms with Crippen LogP contribution in [0.2, 0.25) is 0 Å². The Bertz CT molecular complexity index is 1000. The highest BCUT2D eigenvalue weighted by molar-refractivity contribution is 7.11. The molecule has 1 aromatic carbocycles. The second-order valence-electron chi connectivity index (χ2n) is 7.02. The molecule has 3 aromatic heterocycles. The fourth-order valence-electron chi connectivity index (χ4n) is 5.01. The van der Waals surface area contributed by atoms with Gasteiger partial charge in [0, 0.05) is 46.3 Å². The van der Waals surface area contributed by atoms with Crippen molar-refractivity contribution < 1.29 is 4.57 Å². The number of hydrogen-bond acceptors (Lipinski definition) is 4. The van der Waals surface area contributed by atoms with E-state index in [1.54, 1.807) is 22.7 Å². The number of hydrogen-bond donors (Lipinski definition) is 0. The van der Waals surface area contributed by atoms with E-state index in [2.05, 4.69) is 75.6 Å². The molecule has 4 aromatic rings. The number of fused-ring (bicyclic) bond motifs is 1. The molecule has 0 spiro atoms. The Morgan fingerprint density at radius 3 is 2.27 bits per heavy atom. The van der Waals surface area contributed by atoms with Gasteiger partial charge in [-0.3, -0.25) is 9.97 Å². The summed E-state index contributed by atoms with van der Waals surface area (Å²) in [7, 11) is 0. The highest BCUT2D eigenvalue weighted by Crippen LogP contribution is 2.60. The summed E-state index contributed by atoms with van der Waals surface area (Å²) in [6.07, 6.45) is 7.44. The lowest BCUT2D eigenvalue weighted by atomic mass is 9.57. The average molecular weight is 375 g/mol. The summed E-state index contributed by atoms with van der Waals surface area (Å²) in [5.41, 5.74) is 8.16. The van der Waals surface area contributed by atoms with E-state index in [0.717, 1.165) is 6.42 Å². The van der Waals surface area contributed by atoms with Crippen molar-refractivity contribution in [3.63, 3.8) is 0 Å². The van der Waals surface area contributed by atoms with Gasteiger partial charge in [0.25, 0.3) is 0 Å². The zero-order valence-electron chi connectivity index (χ0n) is 13.9. The van der Waals surface area contributed by atoms with Gasteiger partial charge in [-0.15, -0.1) is 22.7 Å². The number of aromatic nitrogens is 3. The van der Waals surface area contributed by atoms with E-state index in [4.69, 9.17) is 0 Å². The van der Waals surface area contributed by atoms with Crippen molar-refractivity contribution in [2.45, 2.75) is 23.8 Å². The minimum Gasteiger partial charge on any atom is -0.253 e. The maximum Gasteiger partial charge on any atom is 0.190 e. The predicted octanol–water partition coefficient (Wildman–Crippen LogP) is 4.31. The van der Waals surface area contributed by atoms with Crippen molar-refractivity contribution in [1.29, 1.82) is 0 Å². The molecule has 2 aliphatic heterocycles. The van der Waals surface area contributed by atoms with Crippen molar-refractivity contribution >= 4 is 22.7 Å². The van der Waals surface area contributed by atoms with Crippen molar-refractivity contribution in [3.05, 3.63) is 98.7 Å². The van der Waals surface area contributed by atoms with Crippen LogP contribution < -0.4 is 4.57 Å². The van der Waals surface area contributed by atoms with Crippen LogP contribution in [0.1, 0.15) is 45.0 Å². The van der Waals surface area contributed by atoms with Gasteiger partial charge in [0.1, 0.15) is 0 Å². The molecular formula is C21H16N3S2+. The van der Waals surface area contributed by atoms with E-state index in [1.165, 1.54) is 26.6 Å². The summed E-state index contributed by atoms with van der Waals surface area (Å²) >= 11 is 3.55. The molecule has 5 heteroatoms. The third kappa shape index (κ3) is 1.75. The van der Waals surface area contributed by atoms with Crippen molar-refractivity contribution in [2.24, 2.45) is 0 Å². The first-order chi connectivity index (χ1) is 12.9. The van der Waals surface area contributed by atoms with Crippen molar-refractivity contribution in [1.82, 2.24) is 9.97 Å². The van der Waals surface area contributed by atoms with Crippen LogP contribution in [0.4, 0.5) is 0 Å². The van der Waals surface area contributed by atoms with Crippen LogP contribution in [0.25, 0.3) is 0 Å². The molecule has 0 amide bonds. The zero-order chi connectivity index (χ0) is 17.1. The molecule has 2 bridgehead atoms. The Morgan fingerprint density at radius 1 is 0.885 bits per heavy atom. The van der Waals surface area contributed by atoms with E-state index in [0.29, 0.717) is 6.04 Å². The van der Waals surface area contributed by atoms with Gasteiger partial charge in [-0.2, -0.15) is 4.57 Å². The number of rotatable bonds is 2. The fraction of sp³-hybridized carbons (Fsp3) is 0.190. The second-order valence-corrected chi connectivity index (χ2v) is 8.79. The van der Waals surface area contributed by atoms with E-state index >= 15 is 0 Å². The third-order valence-electron chi connectivity index (χ3n) is 5.97. The molecule has 26 heavy (non-hydrogen) atoms. The van der Waals surface area contributed by atoms with Crippen LogP contribution in [0.5, 0.6) is 0 Å². The van der Waals surface area contributed by atoms with Crippen LogP contribution in [-0.2, 0) is 5.41 Å². The van der Waals surface area contributed by atoms with Gasteiger partial charge < -0.3 is 0 Å². The van der Waals surface area contributed by atoms with Crippen LogP contribution in [0.15, 0.2) is 72.1 Å². The molecule has 0 N–H and O–H groups in total. The Labute approximate surface area is 159 Å². The predicted molar refractivity (Wildman–Crippen MR) is 103 cm³/mol. The summed E-state index contributed by atoms with van der Waals surface area (Å²) in [6, 6.07) is 15.9. The highest BCUT2D eigenvalue weighted by atomic mass is 32.1. The van der Waals surface area contributed by atoms with E-state index in [1.807, 2.05) is 11.0 Å². The van der Waals surface area contributed by atoms with Gasteiger partial charge in [-0.1, -0.05) is 30.3 Å². The molecular weight excluding hydrogens is 358 g/mol. The van der Waals surface area contributed by atoms with Gasteiger partial charge in [0.2, 0.25) is 0 Å². The first-order valence-corrected chi connectivity index (χ1v) is 10.5. The Morgan fingerprint density at radius 2 is 1.58 bits per heavy atom. The fourth-order valence-corrected chi connectivity index (χ4v) is 6.83. The molecule has 3 aliphatic rings. The number of nitrogens with zero attached hydrogens (tertiary/aromatic N) is 3. The summed E-state index contributed by atoms with van der Waals surface area (Å²) in [5, 5.41) is 0. The normalized spacial score (nSPS) is 22.0. The standard InChI is InChI=1S/C21H16N3S2/c1-2-6-15-14(5-1)17-9-21(18-10-22-12-25-18,19-11-23-13-26-19)20(15)16-7-3-4-8-24(16)17/h1-8,10-13,17,20H,9H2/q+1/t17-,20+/m1/s1. The lowest BCUT2D eigenvalue weighted by Crippen LogP contribution is -2.59. The van der Waals surface area contributed by atoms with Crippen molar-refractivity contribution in [3.8, 4) is 0 Å². The maximum atomic E-state index is 4.44. The van der Waals surface area contributed by atoms with E-state index in [-0.39, 0.29) is 11.3 Å². The van der Waals surface area contributed by atoms with Gasteiger partial charge in [-0.05, 0) is 5.56 Å². The smallest absolute Gasteiger partial charge is 0.190 e. The third-order valence-corrected chi connectivity index (χ3v) is 7.87. The second kappa shape index (κ2) is 5.32. The number of pyridine rings is 1. The highest BCUT2D eigenvalue weighted by Gasteiger charge is 2.60. The van der Waals surface area contributed by atoms with Gasteiger partial charge in [-0.25, -0.2) is 0 Å². The molecule has 2 atom stereocenters. The van der Waals surface area contributed by atoms with E-state index in [9.17, 15) is 0 Å². The molecule has 0 saturated carbocycles. The van der Waals surface area contributed by atoms with Gasteiger partial charge in [0.05, 0.1) is 22.4 Å². The topological polar surface area (TPSA) is 29.7 Å². The molecule has 0 radical (unpaired) electrons. The minimum atomic E-state index is -0.0806. The van der Waals surface area contributed by atoms with Gasteiger partial charge >= 0.3 is 0 Å². The first-order valence-electron chi connectivity index (χ1n) is 8.76.